The predicted molar refractivity (Wildman–Crippen MR) is 215 cm³/mol. The lowest BCUT2D eigenvalue weighted by atomic mass is 9.94. The van der Waals surface area contributed by atoms with E-state index in [-0.39, 0.29) is 56.0 Å². The average Bonchev–Trinajstić information content (AvgIpc) is 3.44. The number of carbonyl (C=O) groups excluding carboxylic acids is 6. The van der Waals surface area contributed by atoms with Crippen LogP contribution in [0.5, 0.6) is 0 Å². The number of carboxylic acid groups (broad SMARTS) is 1. The van der Waals surface area contributed by atoms with E-state index in [9.17, 15) is 38.7 Å². The third-order valence-corrected chi connectivity index (χ3v) is 12.1. The number of thiazole rings is 1. The molecule has 3 atom stereocenters. The Morgan fingerprint density at radius 1 is 0.964 bits per heavy atom. The lowest BCUT2D eigenvalue weighted by Crippen LogP contribution is -2.50. The molecule has 1 unspecified atom stereocenters. The Morgan fingerprint density at radius 3 is 2.23 bits per heavy atom. The highest BCUT2D eigenvalue weighted by atomic mass is 32.2. The Balaban J connectivity index is 1.21. The number of hydrogen-bond acceptors (Lipinski definition) is 11. The molecule has 308 valence electrons. The molecule has 0 radical (unpaired) electrons. The van der Waals surface area contributed by atoms with Gasteiger partial charge in [0.25, 0.3) is 5.91 Å². The summed E-state index contributed by atoms with van der Waals surface area (Å²) in [4.78, 5) is 96.9. The minimum atomic E-state index is -1.15. The van der Waals surface area contributed by atoms with Gasteiger partial charge in [0.15, 0.2) is 11.8 Å². The number of aliphatic imine (C=N–C) groups is 1. The highest BCUT2D eigenvalue weighted by Crippen LogP contribution is 2.48. The van der Waals surface area contributed by atoms with Crippen LogP contribution in [0, 0.1) is 0 Å². The SMILES string of the molecule is CCCCCCCCCCCCCC(=O)N[C@H](CC(N)=O)C(=O)N[C@@H](C)CCC(=O)C1=C(CC(=O)NCc2nc(C3=NC(C(=O)O)CS3)cs2)C2(CC2)NC1=O. The monoisotopic (exact) mass is 815 g/mol. The molecular formula is C39H57N7O8S2. The number of nitrogens with zero attached hydrogens (tertiary/aromatic N) is 2. The maximum Gasteiger partial charge on any atom is 0.329 e. The number of amides is 5. The molecule has 1 aromatic rings. The molecule has 1 aliphatic carbocycles. The largest absolute Gasteiger partial charge is 0.480 e. The van der Waals surface area contributed by atoms with E-state index in [1.165, 1.54) is 68.0 Å². The Labute approximate surface area is 336 Å². The summed E-state index contributed by atoms with van der Waals surface area (Å²) in [5, 5.41) is 23.2. The maximum atomic E-state index is 13.5. The summed E-state index contributed by atoms with van der Waals surface area (Å²) >= 11 is 2.62. The van der Waals surface area contributed by atoms with E-state index in [1.54, 1.807) is 12.3 Å². The summed E-state index contributed by atoms with van der Waals surface area (Å²) < 4.78 is 0. The molecule has 2 aliphatic heterocycles. The van der Waals surface area contributed by atoms with Crippen LogP contribution >= 0.6 is 23.1 Å². The zero-order valence-corrected chi connectivity index (χ0v) is 34.2. The fourth-order valence-electron chi connectivity index (χ4n) is 6.88. The van der Waals surface area contributed by atoms with Crippen molar-refractivity contribution in [1.82, 2.24) is 26.3 Å². The van der Waals surface area contributed by atoms with Crippen LogP contribution < -0.4 is 27.0 Å². The van der Waals surface area contributed by atoms with Crippen LogP contribution in [0.25, 0.3) is 0 Å². The lowest BCUT2D eigenvalue weighted by molar-refractivity contribution is -0.138. The number of aliphatic carboxylic acids is 1. The van der Waals surface area contributed by atoms with E-state index in [0.29, 0.717) is 46.3 Å². The first-order chi connectivity index (χ1) is 26.8. The summed E-state index contributed by atoms with van der Waals surface area (Å²) in [6, 6.07) is -2.49. The number of hydrogen-bond donors (Lipinski definition) is 6. The van der Waals surface area contributed by atoms with Crippen LogP contribution in [0.4, 0.5) is 0 Å². The third-order valence-electron chi connectivity index (χ3n) is 10.2. The molecule has 7 N–H and O–H groups in total. The molecule has 1 aromatic heterocycles. The maximum absolute atomic E-state index is 13.5. The number of ketones is 1. The average molecular weight is 816 g/mol. The van der Waals surface area contributed by atoms with Crippen LogP contribution in [0.3, 0.4) is 0 Å². The summed E-state index contributed by atoms with van der Waals surface area (Å²) in [6.45, 7) is 4.01. The number of thioether (sulfide) groups is 1. The molecular weight excluding hydrogens is 759 g/mol. The molecule has 3 aliphatic rings. The second kappa shape index (κ2) is 22.0. The number of nitrogens with one attached hydrogen (secondary N) is 4. The van der Waals surface area contributed by atoms with Crippen molar-refractivity contribution in [2.75, 3.05) is 5.75 Å². The van der Waals surface area contributed by atoms with Gasteiger partial charge in [-0.25, -0.2) is 9.78 Å². The fourth-order valence-corrected chi connectivity index (χ4v) is 8.66. The van der Waals surface area contributed by atoms with Crippen LogP contribution in [0.1, 0.15) is 140 Å². The number of rotatable bonds is 27. The Bertz CT molecular complexity index is 1670. The van der Waals surface area contributed by atoms with Crippen molar-refractivity contribution >= 4 is 69.4 Å². The lowest BCUT2D eigenvalue weighted by Gasteiger charge is -2.20. The Kier molecular flexibility index (Phi) is 17.5. The van der Waals surface area contributed by atoms with Gasteiger partial charge in [0.2, 0.25) is 23.6 Å². The molecule has 4 rings (SSSR count). The number of nitrogens with two attached hydrogens (primary N) is 1. The quantitative estimate of drug-likeness (QED) is 0.0552. The molecule has 1 fully saturated rings. The normalized spacial score (nSPS) is 17.9. The first kappa shape index (κ1) is 44.6. The van der Waals surface area contributed by atoms with E-state index in [0.717, 1.165) is 19.3 Å². The summed E-state index contributed by atoms with van der Waals surface area (Å²) in [7, 11) is 0. The first-order valence-electron chi connectivity index (χ1n) is 19.9. The Hall–Kier alpha value is -4.12. The smallest absolute Gasteiger partial charge is 0.329 e. The number of primary amides is 1. The van der Waals surface area contributed by atoms with E-state index in [2.05, 4.69) is 38.2 Å². The van der Waals surface area contributed by atoms with Gasteiger partial charge in [0, 0.05) is 30.0 Å². The zero-order chi connectivity index (χ0) is 40.7. The number of unbranched alkanes of at least 4 members (excludes halogenated alkanes) is 10. The van der Waals surface area contributed by atoms with Crippen LogP contribution in [0.2, 0.25) is 0 Å². The predicted octanol–water partition coefficient (Wildman–Crippen LogP) is 3.97. The Morgan fingerprint density at radius 2 is 1.62 bits per heavy atom. The van der Waals surface area contributed by atoms with Crippen LogP contribution in [-0.2, 0) is 40.1 Å². The minimum absolute atomic E-state index is 0.0294. The van der Waals surface area contributed by atoms with Gasteiger partial charge in [0.1, 0.15) is 21.8 Å². The zero-order valence-electron chi connectivity index (χ0n) is 32.5. The first-order valence-corrected chi connectivity index (χ1v) is 21.8. The van der Waals surface area contributed by atoms with Crippen molar-refractivity contribution in [3.8, 4) is 0 Å². The topological polar surface area (TPSA) is 239 Å². The standard InChI is InChI=1S/C39H57N7O8S2/c1-3-4-5-6-7-8-9-10-11-12-13-14-31(49)43-26(20-30(40)48)35(51)42-24(2)15-16-29(47)34-25(39(17-18-39)46-36(34)52)19-32(50)41-21-33-44-27(22-55-33)37-45-28(23-56-37)38(53)54/h22,24,26,28H,3-21,23H2,1-2H3,(H2,40,48)(H,41,50)(H,42,51)(H,43,49)(H,46,52)(H,53,54)/t24-,26+,28?/m0/s1. The van der Waals surface area contributed by atoms with Gasteiger partial charge in [-0.05, 0) is 38.2 Å². The molecule has 0 saturated heterocycles. The van der Waals surface area contributed by atoms with Crippen molar-refractivity contribution < 1.29 is 38.7 Å². The van der Waals surface area contributed by atoms with Crippen molar-refractivity contribution in [2.45, 2.75) is 160 Å². The molecule has 0 bridgehead atoms. The number of carbonyl (C=O) groups is 7. The van der Waals surface area contributed by atoms with E-state index in [1.807, 2.05) is 0 Å². The van der Waals surface area contributed by atoms with Gasteiger partial charge in [-0.2, -0.15) is 0 Å². The van der Waals surface area contributed by atoms with Gasteiger partial charge in [-0.1, -0.05) is 71.1 Å². The molecule has 17 heteroatoms. The van der Waals surface area contributed by atoms with Crippen LogP contribution in [-0.4, -0.2) is 85.8 Å². The second-order valence-electron chi connectivity index (χ2n) is 15.0. The van der Waals surface area contributed by atoms with Crippen LogP contribution in [0.15, 0.2) is 21.5 Å². The van der Waals surface area contributed by atoms with Gasteiger partial charge < -0.3 is 32.1 Å². The number of aromatic nitrogens is 1. The summed E-state index contributed by atoms with van der Waals surface area (Å²) in [5.41, 5.74) is 5.66. The molecule has 56 heavy (non-hydrogen) atoms. The molecule has 1 saturated carbocycles. The van der Waals surface area contributed by atoms with Crippen molar-refractivity contribution in [3.63, 3.8) is 0 Å². The van der Waals surface area contributed by atoms with Gasteiger partial charge >= 0.3 is 5.97 Å². The van der Waals surface area contributed by atoms with Gasteiger partial charge in [-0.15, -0.1) is 23.1 Å². The molecule has 0 aromatic carbocycles. The molecule has 1 spiro atoms. The van der Waals surface area contributed by atoms with Crippen molar-refractivity contribution in [1.29, 1.82) is 0 Å². The summed E-state index contributed by atoms with van der Waals surface area (Å²) in [5.74, 6) is -3.66. The molecule has 5 amide bonds. The van der Waals surface area contributed by atoms with Gasteiger partial charge in [-0.3, -0.25) is 33.8 Å². The highest BCUT2D eigenvalue weighted by molar-refractivity contribution is 8.14. The number of Topliss-reactive ketones (excluding diaryl/α,β-unsaturated/α-hetero) is 1. The van der Waals surface area contributed by atoms with E-state index >= 15 is 0 Å². The number of carboxylic acids is 1. The second-order valence-corrected chi connectivity index (χ2v) is 17.0. The van der Waals surface area contributed by atoms with E-state index < -0.39 is 53.1 Å². The fraction of sp³-hybridized carbons (Fsp3) is 0.667. The van der Waals surface area contributed by atoms with Gasteiger partial charge in [0.05, 0.1) is 30.5 Å². The van der Waals surface area contributed by atoms with Crippen molar-refractivity contribution in [2.24, 2.45) is 10.7 Å². The summed E-state index contributed by atoms with van der Waals surface area (Å²) in [6.07, 6.45) is 13.7. The third kappa shape index (κ3) is 13.8. The van der Waals surface area contributed by atoms with Crippen molar-refractivity contribution in [3.05, 3.63) is 27.2 Å². The van der Waals surface area contributed by atoms with E-state index in [4.69, 9.17) is 5.73 Å². The minimum Gasteiger partial charge on any atom is -0.480 e. The molecule has 3 heterocycles. The highest BCUT2D eigenvalue weighted by Gasteiger charge is 2.55. The molecule has 15 nitrogen and oxygen atoms in total.